The Labute approximate surface area is 146 Å². The van der Waals surface area contributed by atoms with Gasteiger partial charge in [0.2, 0.25) is 5.92 Å². The Morgan fingerprint density at radius 2 is 1.00 bits per heavy atom. The van der Waals surface area contributed by atoms with Gasteiger partial charge in [0.25, 0.3) is 5.60 Å². The predicted octanol–water partition coefficient (Wildman–Crippen LogP) is 0.630. The van der Waals surface area contributed by atoms with E-state index in [9.17, 15) is 19.2 Å². The Kier molecular flexibility index (Phi) is 10.4. The fourth-order valence-corrected chi connectivity index (χ4v) is 2.10. The van der Waals surface area contributed by atoms with E-state index in [1.54, 1.807) is 0 Å². The summed E-state index contributed by atoms with van der Waals surface area (Å²) >= 11 is 0. The number of rotatable bonds is 11. The highest BCUT2D eigenvalue weighted by Crippen LogP contribution is 2.29. The van der Waals surface area contributed by atoms with Gasteiger partial charge in [0.15, 0.2) is 0 Å². The van der Waals surface area contributed by atoms with Crippen LogP contribution in [0.5, 0.6) is 0 Å². The lowest BCUT2D eigenvalue weighted by Gasteiger charge is -2.32. The van der Waals surface area contributed by atoms with Gasteiger partial charge in [0.05, 0.1) is 26.4 Å². The van der Waals surface area contributed by atoms with Gasteiger partial charge in [-0.15, -0.1) is 0 Å². The lowest BCUT2D eigenvalue weighted by molar-refractivity contribution is -0.209. The molecular weight excluding hydrogens is 336 g/mol. The van der Waals surface area contributed by atoms with Crippen LogP contribution in [-0.2, 0) is 42.9 Å². The quantitative estimate of drug-likeness (QED) is 0.296. The second-order valence-corrected chi connectivity index (χ2v) is 4.55. The first-order valence-corrected chi connectivity index (χ1v) is 8.18. The van der Waals surface area contributed by atoms with Crippen molar-refractivity contribution in [3.05, 3.63) is 0 Å². The van der Waals surface area contributed by atoms with Crippen molar-refractivity contribution < 1.29 is 42.9 Å². The van der Waals surface area contributed by atoms with Crippen molar-refractivity contribution in [1.29, 1.82) is 0 Å². The summed E-state index contributed by atoms with van der Waals surface area (Å²) in [5.41, 5.74) is -2.64. The second kappa shape index (κ2) is 11.4. The van der Waals surface area contributed by atoms with Gasteiger partial charge in [0, 0.05) is 6.61 Å². The summed E-state index contributed by atoms with van der Waals surface area (Å²) in [7, 11) is 0. The minimum atomic E-state index is -2.64. The Balaban J connectivity index is 6.35. The van der Waals surface area contributed by atoms with Gasteiger partial charge in [-0.25, -0.2) is 9.59 Å². The van der Waals surface area contributed by atoms with Crippen LogP contribution in [0, 0.1) is 5.92 Å². The summed E-state index contributed by atoms with van der Waals surface area (Å²) in [5.74, 6) is -6.74. The van der Waals surface area contributed by atoms with Crippen LogP contribution in [0.1, 0.15) is 34.6 Å². The van der Waals surface area contributed by atoms with Gasteiger partial charge in [-0.2, -0.15) is 0 Å². The van der Waals surface area contributed by atoms with Crippen molar-refractivity contribution >= 4 is 23.9 Å². The first-order chi connectivity index (χ1) is 11.9. The third kappa shape index (κ3) is 5.42. The number of ether oxygens (including phenoxy) is 5. The monoisotopic (exact) mass is 362 g/mol. The van der Waals surface area contributed by atoms with Crippen LogP contribution in [0.25, 0.3) is 0 Å². The lowest BCUT2D eigenvalue weighted by Crippen LogP contribution is -2.61. The van der Waals surface area contributed by atoms with Gasteiger partial charge in [0.1, 0.15) is 0 Å². The fraction of sp³-hybridized carbons (Fsp3) is 0.750. The van der Waals surface area contributed by atoms with Gasteiger partial charge >= 0.3 is 23.9 Å². The maximum absolute atomic E-state index is 12.6. The molecule has 144 valence electrons. The molecule has 0 fully saturated rings. The van der Waals surface area contributed by atoms with Gasteiger partial charge in [-0.05, 0) is 34.6 Å². The molecule has 0 bridgehead atoms. The summed E-state index contributed by atoms with van der Waals surface area (Å²) in [4.78, 5) is 49.9. The highest BCUT2D eigenvalue weighted by molar-refractivity contribution is 6.14. The predicted molar refractivity (Wildman–Crippen MR) is 84.4 cm³/mol. The molecule has 0 saturated carbocycles. The summed E-state index contributed by atoms with van der Waals surface area (Å²) in [6.07, 6.45) is 0. The van der Waals surface area contributed by atoms with E-state index in [0.717, 1.165) is 0 Å². The molecule has 0 N–H and O–H groups in total. The van der Waals surface area contributed by atoms with Crippen molar-refractivity contribution in [3.63, 3.8) is 0 Å². The van der Waals surface area contributed by atoms with Gasteiger partial charge < -0.3 is 23.7 Å². The van der Waals surface area contributed by atoms with Crippen molar-refractivity contribution in [1.82, 2.24) is 0 Å². The molecule has 0 aliphatic heterocycles. The summed E-state index contributed by atoms with van der Waals surface area (Å²) < 4.78 is 24.8. The number of carbonyl (C=O) groups is 4. The first kappa shape index (κ1) is 22.8. The topological polar surface area (TPSA) is 114 Å². The molecule has 0 amide bonds. The highest BCUT2D eigenvalue weighted by atomic mass is 16.6. The molecule has 0 saturated heterocycles. The van der Waals surface area contributed by atoms with Crippen LogP contribution in [0.15, 0.2) is 0 Å². The molecule has 9 nitrogen and oxygen atoms in total. The number of hydrogen-bond acceptors (Lipinski definition) is 9. The average molecular weight is 362 g/mol. The first-order valence-electron chi connectivity index (χ1n) is 8.18. The number of hydrogen-bond donors (Lipinski definition) is 0. The third-order valence-corrected chi connectivity index (χ3v) is 2.98. The second-order valence-electron chi connectivity index (χ2n) is 4.55. The highest BCUT2D eigenvalue weighted by Gasteiger charge is 2.64. The van der Waals surface area contributed by atoms with Crippen molar-refractivity contribution in [2.75, 3.05) is 33.0 Å². The number of carbonyl (C=O) groups excluding carboxylic acids is 4. The van der Waals surface area contributed by atoms with E-state index in [2.05, 4.69) is 0 Å². The molecule has 25 heavy (non-hydrogen) atoms. The van der Waals surface area contributed by atoms with E-state index >= 15 is 0 Å². The molecule has 0 aliphatic rings. The molecule has 0 unspecified atom stereocenters. The molecule has 9 heteroatoms. The Bertz CT molecular complexity index is 436. The normalized spacial score (nSPS) is 11.0. The van der Waals surface area contributed by atoms with Crippen LogP contribution in [0.4, 0.5) is 0 Å². The molecule has 0 aromatic rings. The van der Waals surface area contributed by atoms with Crippen LogP contribution in [0.3, 0.4) is 0 Å². The minimum absolute atomic E-state index is 0.0808. The van der Waals surface area contributed by atoms with Crippen LogP contribution in [0.2, 0.25) is 0 Å². The van der Waals surface area contributed by atoms with Crippen LogP contribution in [-0.4, -0.2) is 62.5 Å². The van der Waals surface area contributed by atoms with E-state index in [1.807, 2.05) is 0 Å². The minimum Gasteiger partial charge on any atom is -0.465 e. The maximum Gasteiger partial charge on any atom is 0.351 e. The van der Waals surface area contributed by atoms with E-state index in [0.29, 0.717) is 0 Å². The maximum atomic E-state index is 12.6. The Morgan fingerprint density at radius 3 is 1.28 bits per heavy atom. The molecule has 0 aliphatic carbocycles. The molecule has 0 heterocycles. The van der Waals surface area contributed by atoms with E-state index in [1.165, 1.54) is 34.6 Å². The van der Waals surface area contributed by atoms with Crippen LogP contribution >= 0.6 is 0 Å². The molecule has 0 aromatic heterocycles. The fourth-order valence-electron chi connectivity index (χ4n) is 2.10. The Hall–Kier alpha value is -2.16. The van der Waals surface area contributed by atoms with E-state index < -0.39 is 35.4 Å². The smallest absolute Gasteiger partial charge is 0.351 e. The summed E-state index contributed by atoms with van der Waals surface area (Å²) in [6.45, 7) is 6.97. The molecular formula is C16H26O9. The standard InChI is InChI=1S/C16H26O9/c1-6-21-12(17)11(13(18)22-7-2)16(25-10-5,14(19)23-8-3)15(20)24-9-4/h11H,6-10H2,1-5H3. The molecule has 0 rings (SSSR count). The molecule has 0 radical (unpaired) electrons. The van der Waals surface area contributed by atoms with E-state index in [-0.39, 0.29) is 33.0 Å². The largest absolute Gasteiger partial charge is 0.465 e. The summed E-state index contributed by atoms with van der Waals surface area (Å²) in [5, 5.41) is 0. The zero-order chi connectivity index (χ0) is 19.5. The Morgan fingerprint density at radius 1 is 0.640 bits per heavy atom. The van der Waals surface area contributed by atoms with Gasteiger partial charge in [-0.1, -0.05) is 0 Å². The zero-order valence-corrected chi connectivity index (χ0v) is 15.3. The molecule has 0 atom stereocenters. The van der Waals surface area contributed by atoms with E-state index in [4.69, 9.17) is 23.7 Å². The molecule has 0 aromatic carbocycles. The van der Waals surface area contributed by atoms with Crippen LogP contribution < -0.4 is 0 Å². The van der Waals surface area contributed by atoms with Crippen molar-refractivity contribution in [2.45, 2.75) is 40.2 Å². The molecule has 0 spiro atoms. The average Bonchev–Trinajstić information content (AvgIpc) is 2.55. The van der Waals surface area contributed by atoms with Crippen molar-refractivity contribution in [3.8, 4) is 0 Å². The third-order valence-electron chi connectivity index (χ3n) is 2.98. The lowest BCUT2D eigenvalue weighted by atomic mass is 9.86. The number of esters is 4. The van der Waals surface area contributed by atoms with Crippen molar-refractivity contribution in [2.24, 2.45) is 5.92 Å². The summed E-state index contributed by atoms with van der Waals surface area (Å²) in [6, 6.07) is 0. The van der Waals surface area contributed by atoms with Gasteiger partial charge in [-0.3, -0.25) is 9.59 Å². The SMILES string of the molecule is CCOC(=O)C(C(=O)OCC)C(OCC)(C(=O)OCC)C(=O)OCC. The zero-order valence-electron chi connectivity index (χ0n) is 15.3.